The zero-order chi connectivity index (χ0) is 18.7. The Labute approximate surface area is 151 Å². The number of benzene rings is 1. The van der Waals surface area contributed by atoms with Crippen molar-refractivity contribution in [3.63, 3.8) is 0 Å². The Hall–Kier alpha value is -2.90. The van der Waals surface area contributed by atoms with E-state index < -0.39 is 0 Å². The summed E-state index contributed by atoms with van der Waals surface area (Å²) in [5, 5.41) is 7.01. The fraction of sp³-hybridized carbons (Fsp3) is 0.389. The van der Waals surface area contributed by atoms with Crippen LogP contribution in [0.3, 0.4) is 0 Å². The van der Waals surface area contributed by atoms with Gasteiger partial charge in [0.25, 0.3) is 0 Å². The number of likely N-dealkylation sites (tertiary alicyclic amines) is 1. The number of nitrogen functional groups attached to an aromatic ring is 1. The number of nitrogens with one attached hydrogen (secondary N) is 1. The zero-order valence-electron chi connectivity index (χ0n) is 14.6. The average Bonchev–Trinajstić information content (AvgIpc) is 3.08. The molecule has 1 aromatic heterocycles. The second-order valence-corrected chi connectivity index (χ2v) is 6.55. The molecule has 7 nitrogen and oxygen atoms in total. The number of hydrogen-bond donors (Lipinski definition) is 2. The lowest BCUT2D eigenvalue weighted by Crippen LogP contribution is -2.39. The molecule has 0 saturated carbocycles. The first-order valence-electron chi connectivity index (χ1n) is 8.52. The maximum absolute atomic E-state index is 12.9. The van der Waals surface area contributed by atoms with Gasteiger partial charge in [-0.1, -0.05) is 12.1 Å². The summed E-state index contributed by atoms with van der Waals surface area (Å²) >= 11 is 0. The smallest absolute Gasteiger partial charge is 0.242 e. The Morgan fingerprint density at radius 1 is 1.38 bits per heavy atom. The zero-order valence-corrected chi connectivity index (χ0v) is 14.6. The van der Waals surface area contributed by atoms with Crippen LogP contribution in [0.1, 0.15) is 17.7 Å². The predicted octanol–water partition coefficient (Wildman–Crippen LogP) is 0.873. The third-order valence-electron chi connectivity index (χ3n) is 4.39. The molecule has 1 saturated heterocycles. The first-order valence-corrected chi connectivity index (χ1v) is 8.52. The average molecular weight is 359 g/mol. The summed E-state index contributed by atoms with van der Waals surface area (Å²) in [7, 11) is 0. The van der Waals surface area contributed by atoms with E-state index in [0.717, 1.165) is 11.3 Å². The van der Waals surface area contributed by atoms with Gasteiger partial charge in [-0.2, -0.15) is 5.10 Å². The number of rotatable bonds is 6. The molecule has 3 rings (SSSR count). The van der Waals surface area contributed by atoms with Crippen LogP contribution in [0.25, 0.3) is 0 Å². The molecule has 2 heterocycles. The number of hydrogen-bond acceptors (Lipinski definition) is 4. The summed E-state index contributed by atoms with van der Waals surface area (Å²) in [6.07, 6.45) is 0.929. The van der Waals surface area contributed by atoms with E-state index >= 15 is 0 Å². The largest absolute Gasteiger partial charge is 0.384 e. The second-order valence-electron chi connectivity index (χ2n) is 6.55. The highest BCUT2D eigenvalue weighted by molar-refractivity contribution is 5.82. The van der Waals surface area contributed by atoms with Crippen LogP contribution in [0.4, 0.5) is 10.2 Å². The number of halogens is 1. The minimum absolute atomic E-state index is 0.00635. The van der Waals surface area contributed by atoms with Crippen molar-refractivity contribution in [1.29, 1.82) is 0 Å². The summed E-state index contributed by atoms with van der Waals surface area (Å²) in [4.78, 5) is 26.0. The Morgan fingerprint density at radius 3 is 2.77 bits per heavy atom. The van der Waals surface area contributed by atoms with Crippen molar-refractivity contribution in [3.05, 3.63) is 47.4 Å². The van der Waals surface area contributed by atoms with Crippen molar-refractivity contribution in [3.8, 4) is 0 Å². The summed E-state index contributed by atoms with van der Waals surface area (Å²) in [6.45, 7) is 2.85. The van der Waals surface area contributed by atoms with Crippen LogP contribution >= 0.6 is 0 Å². The molecule has 8 heteroatoms. The number of carbonyl (C=O) groups is 2. The molecule has 1 aromatic carbocycles. The molecule has 1 aliphatic rings. The summed E-state index contributed by atoms with van der Waals surface area (Å²) in [5.74, 6) is -0.0623. The first kappa shape index (κ1) is 17.9. The van der Waals surface area contributed by atoms with Crippen LogP contribution in [0.15, 0.2) is 30.3 Å². The van der Waals surface area contributed by atoms with Gasteiger partial charge in [-0.3, -0.25) is 9.59 Å². The number of aromatic nitrogens is 2. The van der Waals surface area contributed by atoms with Gasteiger partial charge < -0.3 is 16.0 Å². The van der Waals surface area contributed by atoms with Gasteiger partial charge in [-0.15, -0.1) is 0 Å². The van der Waals surface area contributed by atoms with E-state index in [1.54, 1.807) is 30.0 Å². The molecule has 1 fully saturated rings. The molecule has 0 aliphatic carbocycles. The van der Waals surface area contributed by atoms with Crippen LogP contribution in [0, 0.1) is 12.7 Å². The van der Waals surface area contributed by atoms with Crippen molar-refractivity contribution >= 4 is 17.6 Å². The number of amides is 2. The van der Waals surface area contributed by atoms with Gasteiger partial charge in [-0.25, -0.2) is 9.07 Å². The van der Waals surface area contributed by atoms with Gasteiger partial charge in [0.1, 0.15) is 18.2 Å². The number of nitrogens with two attached hydrogens (primary N) is 1. The fourth-order valence-corrected chi connectivity index (χ4v) is 3.10. The van der Waals surface area contributed by atoms with E-state index in [0.29, 0.717) is 25.3 Å². The topological polar surface area (TPSA) is 93.2 Å². The van der Waals surface area contributed by atoms with Gasteiger partial charge in [-0.05, 0) is 31.0 Å². The van der Waals surface area contributed by atoms with E-state index in [1.165, 1.54) is 16.8 Å². The standard InChI is InChI=1S/C18H22FN5O2/c1-12-8-16(20)24(22-12)11-17(25)21-15-9-18(26)23(10-15)7-6-13-2-4-14(19)5-3-13/h2-5,8,15H,6-7,9-11,20H2,1H3,(H,21,25)/t15-/m1/s1. The molecule has 2 aromatic rings. The lowest BCUT2D eigenvalue weighted by molar-refractivity contribution is -0.127. The van der Waals surface area contributed by atoms with Gasteiger partial charge in [0, 0.05) is 25.6 Å². The molecule has 1 atom stereocenters. The Morgan fingerprint density at radius 2 is 2.12 bits per heavy atom. The maximum Gasteiger partial charge on any atom is 0.242 e. The van der Waals surface area contributed by atoms with Gasteiger partial charge in [0.2, 0.25) is 11.8 Å². The SMILES string of the molecule is Cc1cc(N)n(CC(=O)N[C@@H]2CC(=O)N(CCc3ccc(F)cc3)C2)n1. The van der Waals surface area contributed by atoms with E-state index in [2.05, 4.69) is 10.4 Å². The van der Waals surface area contributed by atoms with Crippen molar-refractivity contribution in [2.75, 3.05) is 18.8 Å². The van der Waals surface area contributed by atoms with E-state index in [1.807, 2.05) is 0 Å². The monoisotopic (exact) mass is 359 g/mol. The summed E-state index contributed by atoms with van der Waals surface area (Å²) in [6, 6.07) is 7.72. The number of aryl methyl sites for hydroxylation is 1. The molecule has 3 N–H and O–H groups in total. The molecular weight excluding hydrogens is 337 g/mol. The van der Waals surface area contributed by atoms with Gasteiger partial charge >= 0.3 is 0 Å². The number of carbonyl (C=O) groups excluding carboxylic acids is 2. The van der Waals surface area contributed by atoms with Crippen LogP contribution in [-0.2, 0) is 22.6 Å². The second kappa shape index (κ2) is 7.55. The van der Waals surface area contributed by atoms with Crippen LogP contribution in [0.5, 0.6) is 0 Å². The van der Waals surface area contributed by atoms with Crippen molar-refractivity contribution in [2.24, 2.45) is 0 Å². The molecule has 1 aliphatic heterocycles. The highest BCUT2D eigenvalue weighted by Crippen LogP contribution is 2.13. The van der Waals surface area contributed by atoms with Crippen molar-refractivity contribution in [1.82, 2.24) is 20.0 Å². The van der Waals surface area contributed by atoms with Gasteiger partial charge in [0.15, 0.2) is 0 Å². The number of nitrogens with zero attached hydrogens (tertiary/aromatic N) is 3. The minimum atomic E-state index is -0.276. The summed E-state index contributed by atoms with van der Waals surface area (Å²) in [5.41, 5.74) is 7.50. The molecule has 26 heavy (non-hydrogen) atoms. The van der Waals surface area contributed by atoms with Gasteiger partial charge in [0.05, 0.1) is 11.7 Å². The lowest BCUT2D eigenvalue weighted by Gasteiger charge is -2.17. The Kier molecular flexibility index (Phi) is 5.20. The normalized spacial score (nSPS) is 16.9. The highest BCUT2D eigenvalue weighted by atomic mass is 19.1. The van der Waals surface area contributed by atoms with Crippen molar-refractivity contribution < 1.29 is 14.0 Å². The Bertz CT molecular complexity index is 802. The van der Waals surface area contributed by atoms with Crippen LogP contribution in [0.2, 0.25) is 0 Å². The molecule has 0 unspecified atom stereocenters. The fourth-order valence-electron chi connectivity index (χ4n) is 3.10. The minimum Gasteiger partial charge on any atom is -0.384 e. The van der Waals surface area contributed by atoms with E-state index in [4.69, 9.17) is 5.73 Å². The van der Waals surface area contributed by atoms with E-state index in [-0.39, 0.29) is 36.6 Å². The maximum atomic E-state index is 12.9. The van der Waals surface area contributed by atoms with Crippen LogP contribution < -0.4 is 11.1 Å². The summed E-state index contributed by atoms with van der Waals surface area (Å²) < 4.78 is 14.4. The highest BCUT2D eigenvalue weighted by Gasteiger charge is 2.30. The molecule has 0 spiro atoms. The molecule has 0 radical (unpaired) electrons. The number of anilines is 1. The van der Waals surface area contributed by atoms with Crippen LogP contribution in [-0.4, -0.2) is 45.6 Å². The lowest BCUT2D eigenvalue weighted by atomic mass is 10.1. The third kappa shape index (κ3) is 4.38. The quantitative estimate of drug-likeness (QED) is 0.800. The molecule has 138 valence electrons. The Balaban J connectivity index is 1.48. The molecule has 2 amide bonds. The van der Waals surface area contributed by atoms with Crippen molar-refractivity contribution in [2.45, 2.75) is 32.4 Å². The first-order chi connectivity index (χ1) is 12.4. The van der Waals surface area contributed by atoms with E-state index in [9.17, 15) is 14.0 Å². The third-order valence-corrected chi connectivity index (χ3v) is 4.39. The predicted molar refractivity (Wildman–Crippen MR) is 94.6 cm³/mol. The molecule has 0 bridgehead atoms. The molecular formula is C18H22FN5O2.